The number of aromatic nitrogens is 2. The van der Waals surface area contributed by atoms with Gasteiger partial charge in [-0.25, -0.2) is 4.79 Å². The molecule has 8 heteroatoms. The van der Waals surface area contributed by atoms with Crippen molar-refractivity contribution in [2.75, 3.05) is 39.4 Å². The number of hydrogen-bond donors (Lipinski definition) is 2. The molecule has 0 unspecified atom stereocenters. The summed E-state index contributed by atoms with van der Waals surface area (Å²) in [7, 11) is 0. The van der Waals surface area contributed by atoms with Crippen LogP contribution in [0.15, 0.2) is 33.9 Å². The minimum atomic E-state index is -0.383. The van der Waals surface area contributed by atoms with E-state index in [2.05, 4.69) is 15.2 Å². The second kappa shape index (κ2) is 10.9. The van der Waals surface area contributed by atoms with Crippen molar-refractivity contribution in [1.82, 2.24) is 19.8 Å². The Balaban J connectivity index is 1.31. The number of rotatable bonds is 10. The summed E-state index contributed by atoms with van der Waals surface area (Å²) in [6.45, 7) is 5.57. The van der Waals surface area contributed by atoms with E-state index in [0.29, 0.717) is 36.8 Å². The molecule has 0 saturated carbocycles. The maximum Gasteiger partial charge on any atom is 0.328 e. The molecule has 8 nitrogen and oxygen atoms in total. The highest BCUT2D eigenvalue weighted by Gasteiger charge is 2.10. The van der Waals surface area contributed by atoms with Crippen LogP contribution in [0.3, 0.4) is 0 Å². The Hall–Kier alpha value is -2.45. The molecule has 1 aromatic carbocycles. The van der Waals surface area contributed by atoms with E-state index >= 15 is 0 Å². The average Bonchev–Trinajstić information content (AvgIpc) is 2.74. The first-order valence-corrected chi connectivity index (χ1v) is 10.4. The van der Waals surface area contributed by atoms with Gasteiger partial charge in [-0.1, -0.05) is 18.6 Å². The van der Waals surface area contributed by atoms with Crippen molar-refractivity contribution in [3.63, 3.8) is 0 Å². The maximum absolute atomic E-state index is 12.5. The van der Waals surface area contributed by atoms with Crippen molar-refractivity contribution in [1.29, 1.82) is 0 Å². The molecule has 0 atom stereocenters. The summed E-state index contributed by atoms with van der Waals surface area (Å²) in [5.74, 6) is 0.0627. The van der Waals surface area contributed by atoms with Crippen molar-refractivity contribution in [2.24, 2.45) is 0 Å². The highest BCUT2D eigenvalue weighted by atomic mass is 16.5. The van der Waals surface area contributed by atoms with E-state index in [1.807, 2.05) is 0 Å². The van der Waals surface area contributed by atoms with Crippen LogP contribution in [0.2, 0.25) is 0 Å². The summed E-state index contributed by atoms with van der Waals surface area (Å²) in [5.41, 5.74) is -0.0851. The van der Waals surface area contributed by atoms with E-state index < -0.39 is 0 Å². The van der Waals surface area contributed by atoms with Gasteiger partial charge in [0.1, 0.15) is 0 Å². The molecule has 2 heterocycles. The van der Waals surface area contributed by atoms with Crippen molar-refractivity contribution in [3.8, 4) is 0 Å². The molecule has 1 saturated heterocycles. The Kier molecular flexibility index (Phi) is 8.01. The molecule has 3 rings (SSSR count). The van der Waals surface area contributed by atoms with Crippen molar-refractivity contribution in [2.45, 2.75) is 38.6 Å². The zero-order valence-electron chi connectivity index (χ0n) is 16.8. The molecule has 29 heavy (non-hydrogen) atoms. The van der Waals surface area contributed by atoms with Crippen LogP contribution in [-0.4, -0.2) is 59.8 Å². The number of morpholine rings is 1. The van der Waals surface area contributed by atoms with Gasteiger partial charge in [0.15, 0.2) is 0 Å². The van der Waals surface area contributed by atoms with Crippen molar-refractivity contribution in [3.05, 3.63) is 45.1 Å². The van der Waals surface area contributed by atoms with E-state index in [-0.39, 0.29) is 17.2 Å². The van der Waals surface area contributed by atoms with E-state index in [0.717, 1.165) is 52.1 Å². The van der Waals surface area contributed by atoms with Crippen LogP contribution in [-0.2, 0) is 16.1 Å². The van der Waals surface area contributed by atoms with Crippen LogP contribution >= 0.6 is 0 Å². The number of para-hydroxylation sites is 1. The molecule has 1 aromatic heterocycles. The first-order chi connectivity index (χ1) is 14.1. The number of fused-ring (bicyclic) bond motifs is 1. The highest BCUT2D eigenvalue weighted by Crippen LogP contribution is 2.05. The Labute approximate surface area is 169 Å². The standard InChI is InChI=1S/C21H30N4O4/c26-19(22-10-6-11-24-13-15-29-16-14-24)9-2-1-5-12-25-20(27)17-7-3-4-8-18(17)23-21(25)28/h3-4,7-8H,1-2,5-6,9-16H2,(H,22,26)(H,23,28). The van der Waals surface area contributed by atoms with Gasteiger partial charge in [0.05, 0.1) is 24.1 Å². The predicted molar refractivity (Wildman–Crippen MR) is 112 cm³/mol. The van der Waals surface area contributed by atoms with Gasteiger partial charge in [0.2, 0.25) is 5.91 Å². The number of H-pyrrole nitrogens is 1. The minimum Gasteiger partial charge on any atom is -0.379 e. The number of ether oxygens (including phenoxy) is 1. The number of aromatic amines is 1. The van der Waals surface area contributed by atoms with E-state index in [1.165, 1.54) is 4.57 Å². The smallest absolute Gasteiger partial charge is 0.328 e. The molecular weight excluding hydrogens is 372 g/mol. The SMILES string of the molecule is O=C(CCCCCn1c(=O)[nH]c2ccccc2c1=O)NCCCN1CCOCC1. The fraction of sp³-hybridized carbons (Fsp3) is 0.571. The van der Waals surface area contributed by atoms with Crippen LogP contribution in [0.1, 0.15) is 32.1 Å². The number of amides is 1. The quantitative estimate of drug-likeness (QED) is 0.580. The lowest BCUT2D eigenvalue weighted by Gasteiger charge is -2.26. The Morgan fingerprint density at radius 2 is 1.83 bits per heavy atom. The Bertz CT molecular complexity index is 915. The van der Waals surface area contributed by atoms with Gasteiger partial charge in [-0.15, -0.1) is 0 Å². The van der Waals surface area contributed by atoms with Gasteiger partial charge in [-0.2, -0.15) is 0 Å². The van der Waals surface area contributed by atoms with Crippen molar-refractivity contribution < 1.29 is 9.53 Å². The van der Waals surface area contributed by atoms with Gasteiger partial charge >= 0.3 is 5.69 Å². The second-order valence-electron chi connectivity index (χ2n) is 7.40. The monoisotopic (exact) mass is 402 g/mol. The lowest BCUT2D eigenvalue weighted by molar-refractivity contribution is -0.121. The van der Waals surface area contributed by atoms with Crippen LogP contribution in [0.4, 0.5) is 0 Å². The lowest BCUT2D eigenvalue weighted by Crippen LogP contribution is -2.38. The maximum atomic E-state index is 12.5. The summed E-state index contributed by atoms with van der Waals surface area (Å²) in [6, 6.07) is 7.01. The number of carbonyl (C=O) groups excluding carboxylic acids is 1. The number of nitrogens with one attached hydrogen (secondary N) is 2. The number of hydrogen-bond acceptors (Lipinski definition) is 5. The average molecular weight is 402 g/mol. The highest BCUT2D eigenvalue weighted by molar-refractivity contribution is 5.77. The molecule has 1 aliphatic heterocycles. The zero-order chi connectivity index (χ0) is 20.5. The number of unbranched alkanes of at least 4 members (excludes halogenated alkanes) is 2. The molecule has 1 fully saturated rings. The summed E-state index contributed by atoms with van der Waals surface area (Å²) >= 11 is 0. The number of nitrogens with zero attached hydrogens (tertiary/aromatic N) is 2. The van der Waals surface area contributed by atoms with Gasteiger partial charge < -0.3 is 15.0 Å². The van der Waals surface area contributed by atoms with Gasteiger partial charge in [0.25, 0.3) is 5.56 Å². The van der Waals surface area contributed by atoms with Crippen LogP contribution in [0.25, 0.3) is 10.9 Å². The summed E-state index contributed by atoms with van der Waals surface area (Å²) in [5, 5.41) is 3.48. The van der Waals surface area contributed by atoms with Crippen molar-refractivity contribution >= 4 is 16.8 Å². The van der Waals surface area contributed by atoms with E-state index in [4.69, 9.17) is 4.74 Å². The fourth-order valence-electron chi connectivity index (χ4n) is 3.58. The summed E-state index contributed by atoms with van der Waals surface area (Å²) in [4.78, 5) is 41.6. The molecule has 1 aliphatic rings. The summed E-state index contributed by atoms with van der Waals surface area (Å²) in [6.07, 6.45) is 3.64. The largest absolute Gasteiger partial charge is 0.379 e. The van der Waals surface area contributed by atoms with Gasteiger partial charge in [-0.3, -0.25) is 19.1 Å². The Morgan fingerprint density at radius 3 is 2.66 bits per heavy atom. The van der Waals surface area contributed by atoms with Crippen LogP contribution in [0, 0.1) is 0 Å². The third kappa shape index (κ3) is 6.27. The fourth-order valence-corrected chi connectivity index (χ4v) is 3.58. The molecule has 2 N–H and O–H groups in total. The molecule has 158 valence electrons. The zero-order valence-corrected chi connectivity index (χ0v) is 16.8. The predicted octanol–water partition coefficient (Wildman–Crippen LogP) is 1.09. The summed E-state index contributed by atoms with van der Waals surface area (Å²) < 4.78 is 6.56. The van der Waals surface area contributed by atoms with E-state index in [1.54, 1.807) is 24.3 Å². The number of benzene rings is 1. The first kappa shape index (κ1) is 21.3. The van der Waals surface area contributed by atoms with Gasteiger partial charge in [-0.05, 0) is 37.9 Å². The molecule has 0 bridgehead atoms. The minimum absolute atomic E-state index is 0.0627. The molecular formula is C21H30N4O4. The topological polar surface area (TPSA) is 96.4 Å². The Morgan fingerprint density at radius 1 is 1.03 bits per heavy atom. The molecule has 0 radical (unpaired) electrons. The van der Waals surface area contributed by atoms with Crippen LogP contribution in [0.5, 0.6) is 0 Å². The van der Waals surface area contributed by atoms with Gasteiger partial charge in [0, 0.05) is 32.6 Å². The van der Waals surface area contributed by atoms with E-state index in [9.17, 15) is 14.4 Å². The third-order valence-corrected chi connectivity index (χ3v) is 5.25. The number of carbonyl (C=O) groups is 1. The second-order valence-corrected chi connectivity index (χ2v) is 7.40. The lowest BCUT2D eigenvalue weighted by atomic mass is 10.2. The molecule has 0 aliphatic carbocycles. The normalized spacial score (nSPS) is 14.9. The molecule has 0 spiro atoms. The first-order valence-electron chi connectivity index (χ1n) is 10.4. The molecule has 2 aromatic rings. The third-order valence-electron chi connectivity index (χ3n) is 5.25. The van der Waals surface area contributed by atoms with Crippen LogP contribution < -0.4 is 16.6 Å². The molecule has 1 amide bonds.